The average Bonchev–Trinajstić information content (AvgIpc) is 3.77. The van der Waals surface area contributed by atoms with E-state index in [0.29, 0.717) is 31.9 Å². The molecule has 1 aliphatic heterocycles. The first-order valence-electron chi connectivity index (χ1n) is 13.9. The smallest absolute Gasteiger partial charge is 0.416 e. The highest BCUT2D eigenvalue weighted by atomic mass is 19.4. The van der Waals surface area contributed by atoms with Crippen molar-refractivity contribution in [2.45, 2.75) is 82.7 Å². The summed E-state index contributed by atoms with van der Waals surface area (Å²) in [6.45, 7) is 2.09. The Kier molecular flexibility index (Phi) is 9.56. The second-order valence-corrected chi connectivity index (χ2v) is 11.0. The molecule has 3 atom stereocenters. The van der Waals surface area contributed by atoms with E-state index in [1.165, 1.54) is 12.1 Å². The second kappa shape index (κ2) is 12.8. The Hall–Kier alpha value is -3.21. The Morgan fingerprint density at radius 2 is 1.88 bits per heavy atom. The van der Waals surface area contributed by atoms with Crippen LogP contribution in [0, 0.1) is 23.5 Å². The van der Waals surface area contributed by atoms with Crippen LogP contribution in [-0.4, -0.2) is 35.3 Å². The first kappa shape index (κ1) is 30.7. The van der Waals surface area contributed by atoms with Crippen molar-refractivity contribution in [2.24, 2.45) is 11.8 Å². The first-order chi connectivity index (χ1) is 19.4. The maximum Gasteiger partial charge on any atom is 0.416 e. The van der Waals surface area contributed by atoms with E-state index in [9.17, 15) is 36.6 Å². The number of rotatable bonds is 12. The molecule has 2 fully saturated rings. The van der Waals surface area contributed by atoms with Crippen LogP contribution in [0.2, 0.25) is 0 Å². The molecule has 2 N–H and O–H groups in total. The Morgan fingerprint density at radius 3 is 2.49 bits per heavy atom. The Balaban J connectivity index is 1.33. The van der Waals surface area contributed by atoms with Gasteiger partial charge in [-0.15, -0.1) is 0 Å². The molecule has 2 aliphatic rings. The van der Waals surface area contributed by atoms with Gasteiger partial charge in [0.2, 0.25) is 0 Å². The number of nitrogens with one attached hydrogen (secondary N) is 1. The Morgan fingerprint density at radius 1 is 1.12 bits per heavy atom. The van der Waals surface area contributed by atoms with Crippen molar-refractivity contribution in [2.75, 3.05) is 6.61 Å². The van der Waals surface area contributed by atoms with Gasteiger partial charge < -0.3 is 19.9 Å². The van der Waals surface area contributed by atoms with Crippen molar-refractivity contribution in [3.8, 4) is 5.75 Å². The molecule has 1 heterocycles. The van der Waals surface area contributed by atoms with Gasteiger partial charge in [-0.05, 0) is 98.7 Å². The summed E-state index contributed by atoms with van der Waals surface area (Å²) in [7, 11) is 0. The summed E-state index contributed by atoms with van der Waals surface area (Å²) in [5.41, 5.74) is -2.60. The second-order valence-electron chi connectivity index (χ2n) is 11.0. The van der Waals surface area contributed by atoms with E-state index in [4.69, 9.17) is 9.47 Å². The van der Waals surface area contributed by atoms with E-state index in [2.05, 4.69) is 5.32 Å². The van der Waals surface area contributed by atoms with E-state index < -0.39 is 46.4 Å². The molecule has 1 aliphatic carbocycles. The fourth-order valence-corrected chi connectivity index (χ4v) is 5.49. The highest BCUT2D eigenvalue weighted by molar-refractivity contribution is 5.88. The third-order valence-corrected chi connectivity index (χ3v) is 7.84. The molecule has 224 valence electrons. The topological polar surface area (TPSA) is 84.9 Å². The lowest BCUT2D eigenvalue weighted by molar-refractivity contribution is -0.163. The monoisotopic (exact) mass is 583 g/mol. The molecule has 2 unspecified atom stereocenters. The van der Waals surface area contributed by atoms with Crippen LogP contribution in [0.25, 0.3) is 0 Å². The van der Waals surface area contributed by atoms with Crippen molar-refractivity contribution in [3.63, 3.8) is 0 Å². The third-order valence-electron chi connectivity index (χ3n) is 7.84. The van der Waals surface area contributed by atoms with Crippen LogP contribution in [0.5, 0.6) is 5.75 Å². The molecule has 0 radical (unpaired) electrons. The molecule has 4 rings (SSSR count). The lowest BCUT2D eigenvalue weighted by Crippen LogP contribution is -2.53. The molecule has 0 aromatic heterocycles. The van der Waals surface area contributed by atoms with E-state index in [0.717, 1.165) is 50.3 Å². The fourth-order valence-electron chi connectivity index (χ4n) is 5.49. The minimum atomic E-state index is -4.70. The molecular weight excluding hydrogens is 549 g/mol. The lowest BCUT2D eigenvalue weighted by Gasteiger charge is -2.39. The highest BCUT2D eigenvalue weighted by Crippen LogP contribution is 2.48. The van der Waals surface area contributed by atoms with Crippen LogP contribution < -0.4 is 10.1 Å². The largest absolute Gasteiger partial charge is 0.490 e. The molecule has 0 bridgehead atoms. The van der Waals surface area contributed by atoms with Crippen molar-refractivity contribution in [1.82, 2.24) is 5.32 Å². The number of aromatic carboxylic acids is 1. The summed E-state index contributed by atoms with van der Waals surface area (Å²) in [6, 6.07) is 5.88. The molecule has 11 heteroatoms. The number of carboxylic acid groups (broad SMARTS) is 1. The number of ether oxygens (including phenoxy) is 2. The molecule has 41 heavy (non-hydrogen) atoms. The van der Waals surface area contributed by atoms with Crippen LogP contribution >= 0.6 is 0 Å². The SMILES string of the molecule is CCCC(CCC1CC[C@@](C(=O)NCc2cc(F)cc(C(F)(F)F)c2)(C2CC2)OC1)Oc1ccc(F)c(C(=O)O)c1. The van der Waals surface area contributed by atoms with Gasteiger partial charge in [0.25, 0.3) is 5.91 Å². The van der Waals surface area contributed by atoms with Gasteiger partial charge >= 0.3 is 12.1 Å². The molecule has 2 aromatic rings. The number of benzene rings is 2. The van der Waals surface area contributed by atoms with Crippen LogP contribution in [0.3, 0.4) is 0 Å². The van der Waals surface area contributed by atoms with Gasteiger partial charge in [-0.25, -0.2) is 13.6 Å². The van der Waals surface area contributed by atoms with Crippen molar-refractivity contribution in [1.29, 1.82) is 0 Å². The van der Waals surface area contributed by atoms with Gasteiger partial charge in [0, 0.05) is 6.54 Å². The molecule has 0 spiro atoms. The minimum absolute atomic E-state index is 0.0175. The third kappa shape index (κ3) is 7.75. The maximum absolute atomic E-state index is 13.8. The molecule has 1 amide bonds. The number of amides is 1. The van der Waals surface area contributed by atoms with E-state index >= 15 is 0 Å². The van der Waals surface area contributed by atoms with Gasteiger partial charge in [0.05, 0.1) is 23.8 Å². The number of hydrogen-bond donors (Lipinski definition) is 2. The summed E-state index contributed by atoms with van der Waals surface area (Å²) in [6.07, 6.45) is 0.854. The van der Waals surface area contributed by atoms with Gasteiger partial charge in [-0.3, -0.25) is 4.79 Å². The van der Waals surface area contributed by atoms with Gasteiger partial charge in [-0.1, -0.05) is 13.3 Å². The van der Waals surface area contributed by atoms with E-state index in [-0.39, 0.29) is 35.8 Å². The summed E-state index contributed by atoms with van der Waals surface area (Å²) in [5, 5.41) is 11.9. The zero-order valence-corrected chi connectivity index (χ0v) is 22.7. The van der Waals surface area contributed by atoms with Crippen LogP contribution in [0.4, 0.5) is 22.0 Å². The molecule has 2 aromatic carbocycles. The summed E-state index contributed by atoms with van der Waals surface area (Å²) in [5.74, 6) is -3.16. The number of alkyl halides is 3. The number of halogens is 5. The molecule has 1 saturated carbocycles. The quantitative estimate of drug-likeness (QED) is 0.266. The molecular formula is C30H34F5NO5. The van der Waals surface area contributed by atoms with Gasteiger partial charge in [-0.2, -0.15) is 13.2 Å². The number of hydrogen-bond acceptors (Lipinski definition) is 4. The summed E-state index contributed by atoms with van der Waals surface area (Å²) >= 11 is 0. The Bertz CT molecular complexity index is 1240. The zero-order valence-electron chi connectivity index (χ0n) is 22.7. The average molecular weight is 584 g/mol. The van der Waals surface area contributed by atoms with Crippen molar-refractivity contribution >= 4 is 11.9 Å². The van der Waals surface area contributed by atoms with E-state index in [1.54, 1.807) is 0 Å². The van der Waals surface area contributed by atoms with Crippen molar-refractivity contribution in [3.05, 3.63) is 64.7 Å². The van der Waals surface area contributed by atoms with Crippen LogP contribution in [-0.2, 0) is 22.3 Å². The normalized spacial score (nSPS) is 21.8. The summed E-state index contributed by atoms with van der Waals surface area (Å²) in [4.78, 5) is 24.5. The zero-order chi connectivity index (χ0) is 29.8. The standard InChI is InChI=1S/C30H34F5NO5/c1-2-3-23(41-24-8-9-26(32)25(15-24)27(37)38)7-4-18-10-11-29(40-17-18,20-5-6-20)28(39)36-16-19-12-21(30(33,34)35)14-22(31)13-19/h8-9,12-15,18,20,23H,2-7,10-11,16-17H2,1H3,(H,36,39)(H,37,38)/t18?,23?,29-/m0/s1. The Labute approximate surface area is 235 Å². The minimum Gasteiger partial charge on any atom is -0.490 e. The molecule has 6 nitrogen and oxygen atoms in total. The maximum atomic E-state index is 13.8. The predicted molar refractivity (Wildman–Crippen MR) is 139 cm³/mol. The van der Waals surface area contributed by atoms with Gasteiger partial charge in [0.1, 0.15) is 23.0 Å². The number of carboxylic acids is 1. The van der Waals surface area contributed by atoms with Crippen LogP contribution in [0.1, 0.15) is 79.8 Å². The number of carbonyl (C=O) groups is 2. The molecule has 1 saturated heterocycles. The summed E-state index contributed by atoms with van der Waals surface area (Å²) < 4.78 is 78.9. The first-order valence-corrected chi connectivity index (χ1v) is 13.9. The van der Waals surface area contributed by atoms with Crippen molar-refractivity contribution < 1.29 is 46.1 Å². The number of carbonyl (C=O) groups excluding carboxylic acids is 1. The highest BCUT2D eigenvalue weighted by Gasteiger charge is 2.53. The van der Waals surface area contributed by atoms with E-state index in [1.807, 2.05) is 6.92 Å². The van der Waals surface area contributed by atoms with Gasteiger partial charge in [0.15, 0.2) is 0 Å². The lowest BCUT2D eigenvalue weighted by atomic mass is 9.82. The fraction of sp³-hybridized carbons (Fsp3) is 0.533. The van der Waals surface area contributed by atoms with Crippen LogP contribution in [0.15, 0.2) is 36.4 Å². The predicted octanol–water partition coefficient (Wildman–Crippen LogP) is 6.90.